The Balaban J connectivity index is 0.000000112. The number of likely N-dealkylation sites (N-methyl/N-ethyl adjacent to an activating group) is 3. The summed E-state index contributed by atoms with van der Waals surface area (Å²) in [6.45, 7) is 20.2. The molecule has 8 aliphatic rings. The number of halogens is 1. The van der Waals surface area contributed by atoms with Gasteiger partial charge in [-0.1, -0.05) is 110 Å². The topological polar surface area (TPSA) is 123 Å². The molecule has 510 valence electrons. The van der Waals surface area contributed by atoms with Gasteiger partial charge in [-0.3, -0.25) is 9.97 Å². The second-order valence-electron chi connectivity index (χ2n) is 25.7. The van der Waals surface area contributed by atoms with Gasteiger partial charge in [0.2, 0.25) is 0 Å². The maximum absolute atomic E-state index is 13.3. The summed E-state index contributed by atoms with van der Waals surface area (Å²) in [7, 11) is 6.34. The minimum Gasteiger partial charge on any atom is -0.499 e. The third kappa shape index (κ3) is 12.6. The third-order valence-electron chi connectivity index (χ3n) is 19.3. The van der Waals surface area contributed by atoms with Crippen LogP contribution in [-0.4, -0.2) is 74.5 Å². The zero-order chi connectivity index (χ0) is 67.6. The van der Waals surface area contributed by atoms with Crippen LogP contribution in [0.2, 0.25) is 0 Å². The summed E-state index contributed by atoms with van der Waals surface area (Å²) in [4.78, 5) is 53.9. The number of pyridine rings is 7. The molecule has 3 atom stereocenters. The average molecular weight is 1680 g/mol. The number of para-hydroxylation sites is 4. The second kappa shape index (κ2) is 28.3. The summed E-state index contributed by atoms with van der Waals surface area (Å²) in [5.74, 6) is 2.98. The number of anilines is 15. The fraction of sp³-hybridized carbons (Fsp3) is 0.212. The van der Waals surface area contributed by atoms with Gasteiger partial charge in [-0.25, -0.2) is 19.3 Å². The Kier molecular flexibility index (Phi) is 19.3. The first-order chi connectivity index (χ1) is 47.6. The zero-order valence-electron chi connectivity index (χ0n) is 57.6. The van der Waals surface area contributed by atoms with Crippen LogP contribution < -0.4 is 49.0 Å². The van der Waals surface area contributed by atoms with E-state index in [0.29, 0.717) is 12.3 Å². The molecule has 0 saturated heterocycles. The van der Waals surface area contributed by atoms with Crippen molar-refractivity contribution in [1.29, 1.82) is 0 Å². The standard InChI is InChI=1S/C21H20N4.C17H18N4.C14H12FN3.2C14H13N3.2Ir/c1-14-9-11-18(16(3)22-14)24-13-25(21-8-6-5-7-20(21)24)19-12-10-15(2)23-17(19)4;1-12-5-7-16(14(3)18-12)20-9-10-21(11-20)17-8-6-13(2)19-15(17)4;1-17-12-3-2-6-16-14(12)18-11-5-4-10(15)7-9(11)8-13(17)18;1-16-13-9-10-5-2-3-6-11(10)17(13)12-7-4-8-15-14(12)16;1-16-12-7-4-8-15-14(12)17-11-6-3-2-5-10(11)9-13(16)17;;/h5-11,13H,1-4H3;5-7,9-11H,1-4H3;2-7,13H,8H2,1H3;2*2-8,13H,9H2,1H3;;/q2*-2;;;;;. The van der Waals surface area contributed by atoms with E-state index in [1.807, 2.05) is 140 Å². The molecule has 3 unspecified atom stereocenters. The maximum atomic E-state index is 13.3. The van der Waals surface area contributed by atoms with E-state index in [4.69, 9.17) is 0 Å². The SMILES string of the molecule is CN1c2cccnc2N2c3ccc(F)cc3CC12.CN1c2cccnc2N2c3ccccc3CC12.CN1c2ncccc2N2c3ccccc3CC12.Cc1c[c-]c(N2C=CN(c3ccc(C)nc3C)[CH-]2)c(C)n1.Cc1c[c-]c(N2[CH-]N(c3ccc(C)nc3C)c3ccccc32)c(C)n1.[Ir].[Ir]. The molecular formula is C80H76FIr2N17-4. The predicted octanol–water partition coefficient (Wildman–Crippen LogP) is 16.1. The first kappa shape index (κ1) is 68.4. The number of hydrogen-bond acceptors (Lipinski definition) is 17. The van der Waals surface area contributed by atoms with Crippen LogP contribution in [-0.2, 0) is 59.5 Å². The van der Waals surface area contributed by atoms with Gasteiger partial charge in [0.15, 0.2) is 17.5 Å². The number of rotatable bonds is 4. The molecule has 2 radical (unpaired) electrons. The normalized spacial score (nSPS) is 16.7. The Bertz CT molecular complexity index is 4650. The van der Waals surface area contributed by atoms with Crippen LogP contribution in [0.5, 0.6) is 0 Å². The van der Waals surface area contributed by atoms with Crippen LogP contribution in [0.15, 0.2) is 195 Å². The molecule has 100 heavy (non-hydrogen) atoms. The Morgan fingerprint density at radius 3 is 1.36 bits per heavy atom. The van der Waals surface area contributed by atoms with Crippen molar-refractivity contribution < 1.29 is 44.6 Å². The van der Waals surface area contributed by atoms with Gasteiger partial charge in [0.05, 0.1) is 28.5 Å². The third-order valence-corrected chi connectivity index (χ3v) is 19.3. The zero-order valence-corrected chi connectivity index (χ0v) is 62.4. The summed E-state index contributed by atoms with van der Waals surface area (Å²) >= 11 is 0. The molecule has 7 aromatic heterocycles. The van der Waals surface area contributed by atoms with Crippen molar-refractivity contribution in [2.45, 2.75) is 93.1 Å². The van der Waals surface area contributed by atoms with E-state index in [2.05, 4.69) is 222 Å². The summed E-state index contributed by atoms with van der Waals surface area (Å²) < 4.78 is 13.3. The van der Waals surface area contributed by atoms with Gasteiger partial charge in [-0.2, -0.15) is 24.3 Å². The molecule has 4 aromatic carbocycles. The monoisotopic (exact) mass is 1680 g/mol. The molecule has 0 fully saturated rings. The molecule has 0 spiro atoms. The van der Waals surface area contributed by atoms with Crippen molar-refractivity contribution >= 4 is 85.7 Å². The molecule has 19 rings (SSSR count). The first-order valence-electron chi connectivity index (χ1n) is 33.1. The Morgan fingerprint density at radius 2 is 0.800 bits per heavy atom. The molecule has 15 heterocycles. The van der Waals surface area contributed by atoms with E-state index in [1.54, 1.807) is 12.3 Å². The minimum atomic E-state index is -0.168. The molecule has 0 bridgehead atoms. The smallest absolute Gasteiger partial charge is 0.158 e. The molecule has 20 heteroatoms. The molecule has 0 aliphatic carbocycles. The van der Waals surface area contributed by atoms with Crippen molar-refractivity contribution in [3.63, 3.8) is 0 Å². The molecule has 17 nitrogen and oxygen atoms in total. The van der Waals surface area contributed by atoms with Gasteiger partial charge < -0.3 is 59.0 Å². The van der Waals surface area contributed by atoms with Crippen LogP contribution in [0, 0.1) is 86.7 Å². The molecule has 0 N–H and O–H groups in total. The van der Waals surface area contributed by atoms with Crippen LogP contribution in [0.4, 0.5) is 90.1 Å². The van der Waals surface area contributed by atoms with Crippen LogP contribution in [0.25, 0.3) is 0 Å². The van der Waals surface area contributed by atoms with E-state index in [-0.39, 0.29) is 52.2 Å². The molecule has 0 amide bonds. The Labute approximate surface area is 612 Å². The van der Waals surface area contributed by atoms with Gasteiger partial charge >= 0.3 is 0 Å². The van der Waals surface area contributed by atoms with Crippen molar-refractivity contribution in [1.82, 2.24) is 34.9 Å². The maximum Gasteiger partial charge on any atom is 0.158 e. The van der Waals surface area contributed by atoms with Crippen molar-refractivity contribution in [3.8, 4) is 0 Å². The quantitative estimate of drug-likeness (QED) is 0.155. The number of fused-ring (bicyclic) bond motifs is 16. The fourth-order valence-corrected chi connectivity index (χ4v) is 14.6. The average Bonchev–Trinajstić information content (AvgIpc) is 1.60. The fourth-order valence-electron chi connectivity index (χ4n) is 14.6. The van der Waals surface area contributed by atoms with Crippen molar-refractivity contribution in [3.05, 3.63) is 288 Å². The van der Waals surface area contributed by atoms with E-state index >= 15 is 0 Å². The van der Waals surface area contributed by atoms with Crippen molar-refractivity contribution in [2.24, 2.45) is 0 Å². The first-order valence-corrected chi connectivity index (χ1v) is 33.1. The number of benzene rings is 4. The van der Waals surface area contributed by atoms with Gasteiger partial charge in [0, 0.05) is 150 Å². The summed E-state index contributed by atoms with van der Waals surface area (Å²) in [6.07, 6.45) is 13.6. The van der Waals surface area contributed by atoms with E-state index in [9.17, 15) is 4.39 Å². The van der Waals surface area contributed by atoms with Crippen LogP contribution in [0.1, 0.15) is 62.2 Å². The van der Waals surface area contributed by atoms with Gasteiger partial charge in [0.1, 0.15) is 24.3 Å². The summed E-state index contributed by atoms with van der Waals surface area (Å²) in [6, 6.07) is 61.7. The van der Waals surface area contributed by atoms with Crippen molar-refractivity contribution in [2.75, 3.05) is 70.1 Å². The van der Waals surface area contributed by atoms with E-state index in [1.165, 1.54) is 39.9 Å². The molecule has 8 aliphatic heterocycles. The molecular weight excluding hydrogens is 1600 g/mol. The Hall–Kier alpha value is -10.1. The summed E-state index contributed by atoms with van der Waals surface area (Å²) in [5.41, 5.74) is 25.5. The van der Waals surface area contributed by atoms with E-state index < -0.39 is 0 Å². The van der Waals surface area contributed by atoms with E-state index in [0.717, 1.165) is 133 Å². The van der Waals surface area contributed by atoms with Crippen LogP contribution >= 0.6 is 0 Å². The van der Waals surface area contributed by atoms with Gasteiger partial charge in [0.25, 0.3) is 0 Å². The van der Waals surface area contributed by atoms with Crippen LogP contribution in [0.3, 0.4) is 0 Å². The number of nitrogens with zero attached hydrogens (tertiary/aromatic N) is 17. The predicted molar refractivity (Wildman–Crippen MR) is 392 cm³/mol. The number of hydrogen-bond donors (Lipinski definition) is 0. The van der Waals surface area contributed by atoms with Gasteiger partial charge in [-0.15, -0.1) is 13.3 Å². The second-order valence-corrected chi connectivity index (χ2v) is 25.7. The van der Waals surface area contributed by atoms with Gasteiger partial charge in [-0.05, 0) is 160 Å². The summed E-state index contributed by atoms with van der Waals surface area (Å²) in [5, 5.41) is 0. The molecule has 11 aromatic rings. The number of aromatic nitrogens is 7. The molecule has 0 saturated carbocycles. The number of aryl methyl sites for hydroxylation is 8. The minimum absolute atomic E-state index is 0. The largest absolute Gasteiger partial charge is 0.499 e. The Morgan fingerprint density at radius 1 is 0.370 bits per heavy atom.